The summed E-state index contributed by atoms with van der Waals surface area (Å²) in [5.41, 5.74) is 3.45. The minimum atomic E-state index is 0.677. The van der Waals surface area contributed by atoms with Gasteiger partial charge >= 0.3 is 0 Å². The molecule has 4 nitrogen and oxygen atoms in total. The molecule has 6 heteroatoms. The quantitative estimate of drug-likeness (QED) is 0.602. The van der Waals surface area contributed by atoms with E-state index in [2.05, 4.69) is 64.7 Å². The molecule has 2 fully saturated rings. The van der Waals surface area contributed by atoms with Crippen LogP contribution in [-0.4, -0.2) is 39.9 Å². The Hall–Kier alpha value is -2.05. The van der Waals surface area contributed by atoms with Gasteiger partial charge < -0.3 is 10.2 Å². The summed E-state index contributed by atoms with van der Waals surface area (Å²) in [6.45, 7) is 0.857. The van der Waals surface area contributed by atoms with Gasteiger partial charge in [-0.3, -0.25) is 0 Å². The predicted octanol–water partition coefficient (Wildman–Crippen LogP) is 5.54. The molecule has 1 N–H and O–H groups in total. The number of para-hydroxylation sites is 2. The van der Waals surface area contributed by atoms with Crippen molar-refractivity contribution in [3.05, 3.63) is 54.1 Å². The highest BCUT2D eigenvalue weighted by Crippen LogP contribution is 2.42. The van der Waals surface area contributed by atoms with Gasteiger partial charge in [-0.05, 0) is 43.0 Å². The van der Waals surface area contributed by atoms with Crippen LogP contribution in [-0.2, 0) is 6.42 Å². The van der Waals surface area contributed by atoms with Gasteiger partial charge in [0.05, 0.1) is 15.9 Å². The summed E-state index contributed by atoms with van der Waals surface area (Å²) in [6.07, 6.45) is 4.92. The van der Waals surface area contributed by atoms with E-state index >= 15 is 0 Å². The number of benzene rings is 2. The predicted molar refractivity (Wildman–Crippen MR) is 122 cm³/mol. The number of rotatable bonds is 5. The van der Waals surface area contributed by atoms with Crippen LogP contribution in [0.15, 0.2) is 53.5 Å². The molecule has 0 spiro atoms. The molecule has 0 amide bonds. The number of thioether (sulfide) groups is 1. The van der Waals surface area contributed by atoms with Crippen molar-refractivity contribution in [1.29, 1.82) is 0 Å². The van der Waals surface area contributed by atoms with E-state index in [-0.39, 0.29) is 0 Å². The molecule has 0 bridgehead atoms. The van der Waals surface area contributed by atoms with Crippen molar-refractivity contribution in [3.8, 4) is 0 Å². The molecule has 28 heavy (non-hydrogen) atoms. The Morgan fingerprint density at radius 2 is 2.00 bits per heavy atom. The first-order valence-electron chi connectivity index (χ1n) is 9.93. The lowest BCUT2D eigenvalue weighted by Gasteiger charge is -2.19. The number of hydrogen-bond donors (Lipinski definition) is 1. The maximum Gasteiger partial charge on any atom is 0.183 e. The lowest BCUT2D eigenvalue weighted by Crippen LogP contribution is -2.30. The SMILES string of the molecule is CN1C(=Nc2ccccc2CCNc2nc3ccccc3s2)SC2CCC[C@H]21. The number of aromatic nitrogens is 1. The second-order valence-electron chi connectivity index (χ2n) is 7.45. The third kappa shape index (κ3) is 3.51. The number of anilines is 1. The molecule has 1 unspecified atom stereocenters. The fourth-order valence-corrected chi connectivity index (χ4v) is 6.51. The second kappa shape index (κ2) is 7.76. The minimum Gasteiger partial charge on any atom is -0.361 e. The van der Waals surface area contributed by atoms with Crippen molar-refractivity contribution in [2.75, 3.05) is 18.9 Å². The van der Waals surface area contributed by atoms with Crippen molar-refractivity contribution in [1.82, 2.24) is 9.88 Å². The molecule has 0 radical (unpaired) electrons. The Morgan fingerprint density at radius 1 is 1.14 bits per heavy atom. The molecule has 3 aromatic rings. The van der Waals surface area contributed by atoms with Crippen LogP contribution in [0.4, 0.5) is 10.8 Å². The number of fused-ring (bicyclic) bond motifs is 2. The number of hydrogen-bond acceptors (Lipinski definition) is 5. The van der Waals surface area contributed by atoms with Gasteiger partial charge in [-0.2, -0.15) is 0 Å². The lowest BCUT2D eigenvalue weighted by atomic mass is 10.1. The fourth-order valence-electron chi connectivity index (χ4n) is 4.14. The average Bonchev–Trinajstić information content (AvgIpc) is 3.40. The summed E-state index contributed by atoms with van der Waals surface area (Å²) in [5.74, 6) is 0. The van der Waals surface area contributed by atoms with E-state index in [0.717, 1.165) is 34.6 Å². The highest BCUT2D eigenvalue weighted by Gasteiger charge is 2.40. The molecule has 144 valence electrons. The van der Waals surface area contributed by atoms with Crippen LogP contribution >= 0.6 is 23.1 Å². The van der Waals surface area contributed by atoms with E-state index in [9.17, 15) is 0 Å². The molecule has 1 aromatic heterocycles. The number of amidine groups is 1. The summed E-state index contributed by atoms with van der Waals surface area (Å²) in [7, 11) is 2.21. The highest BCUT2D eigenvalue weighted by atomic mass is 32.2. The van der Waals surface area contributed by atoms with E-state index in [1.54, 1.807) is 11.3 Å². The first-order chi connectivity index (χ1) is 13.8. The molecule has 1 saturated heterocycles. The first kappa shape index (κ1) is 18.0. The Balaban J connectivity index is 1.28. The largest absolute Gasteiger partial charge is 0.361 e. The van der Waals surface area contributed by atoms with Gasteiger partial charge in [-0.25, -0.2) is 9.98 Å². The number of thiazole rings is 1. The van der Waals surface area contributed by atoms with E-state index in [0.29, 0.717) is 6.04 Å². The zero-order valence-corrected chi connectivity index (χ0v) is 17.6. The zero-order valence-electron chi connectivity index (χ0n) is 16.0. The van der Waals surface area contributed by atoms with Crippen molar-refractivity contribution in [3.63, 3.8) is 0 Å². The summed E-state index contributed by atoms with van der Waals surface area (Å²) in [4.78, 5) is 12.1. The molecule has 5 rings (SSSR count). The van der Waals surface area contributed by atoms with Gasteiger partial charge in [0.25, 0.3) is 0 Å². The summed E-state index contributed by atoms with van der Waals surface area (Å²) >= 11 is 3.68. The molecule has 2 heterocycles. The molecular weight excluding hydrogens is 384 g/mol. The molecular formula is C22H24N4S2. The maximum atomic E-state index is 5.05. The Kier molecular flexibility index (Phi) is 4.99. The van der Waals surface area contributed by atoms with Crippen molar-refractivity contribution >= 4 is 49.3 Å². The zero-order chi connectivity index (χ0) is 18.9. The van der Waals surface area contributed by atoms with Crippen LogP contribution in [0.2, 0.25) is 0 Å². The van der Waals surface area contributed by atoms with Gasteiger partial charge in [0.1, 0.15) is 0 Å². The summed E-state index contributed by atoms with van der Waals surface area (Å²) < 4.78 is 1.23. The van der Waals surface area contributed by atoms with E-state index in [1.807, 2.05) is 17.8 Å². The third-order valence-electron chi connectivity index (χ3n) is 5.65. The molecule has 2 atom stereocenters. The topological polar surface area (TPSA) is 40.5 Å². The summed E-state index contributed by atoms with van der Waals surface area (Å²) in [5, 5.41) is 6.39. The van der Waals surface area contributed by atoms with Crippen molar-refractivity contribution in [2.45, 2.75) is 37.0 Å². The van der Waals surface area contributed by atoms with Crippen molar-refractivity contribution in [2.24, 2.45) is 4.99 Å². The van der Waals surface area contributed by atoms with Crippen LogP contribution in [0, 0.1) is 0 Å². The fraction of sp³-hybridized carbons (Fsp3) is 0.364. The Morgan fingerprint density at radius 3 is 2.89 bits per heavy atom. The maximum absolute atomic E-state index is 5.05. The molecule has 2 aliphatic rings. The van der Waals surface area contributed by atoms with Gasteiger partial charge in [-0.1, -0.05) is 59.9 Å². The normalized spacial score (nSPS) is 22.9. The van der Waals surface area contributed by atoms with Gasteiger partial charge in [0, 0.05) is 24.9 Å². The number of nitrogens with one attached hydrogen (secondary N) is 1. The van der Waals surface area contributed by atoms with Crippen molar-refractivity contribution < 1.29 is 0 Å². The average molecular weight is 409 g/mol. The molecule has 1 aliphatic heterocycles. The second-order valence-corrected chi connectivity index (χ2v) is 9.69. The van der Waals surface area contributed by atoms with Gasteiger partial charge in [0.15, 0.2) is 10.3 Å². The Labute approximate surface area is 174 Å². The number of aliphatic imine (C=N–C) groups is 1. The van der Waals surface area contributed by atoms with Gasteiger partial charge in [0.2, 0.25) is 0 Å². The van der Waals surface area contributed by atoms with Crippen LogP contribution in [0.3, 0.4) is 0 Å². The van der Waals surface area contributed by atoms with E-state index in [1.165, 1.54) is 34.7 Å². The van der Waals surface area contributed by atoms with Gasteiger partial charge in [-0.15, -0.1) is 0 Å². The molecule has 1 aliphatic carbocycles. The minimum absolute atomic E-state index is 0.677. The standard InChI is InChI=1S/C22H24N4S2/c1-26-18-10-6-12-20(18)28-22(26)25-16-8-3-2-7-15(16)13-14-23-21-24-17-9-4-5-11-19(17)27-21/h2-5,7-9,11,18,20H,6,10,12-14H2,1H3,(H,23,24)/t18-,20?/m1/s1. The summed E-state index contributed by atoms with van der Waals surface area (Å²) in [6, 6.07) is 17.5. The lowest BCUT2D eigenvalue weighted by molar-refractivity contribution is 0.397. The highest BCUT2D eigenvalue weighted by molar-refractivity contribution is 8.14. The molecule has 1 saturated carbocycles. The molecule has 2 aromatic carbocycles. The van der Waals surface area contributed by atoms with Crippen LogP contribution < -0.4 is 5.32 Å². The van der Waals surface area contributed by atoms with Crippen LogP contribution in [0.25, 0.3) is 10.2 Å². The van der Waals surface area contributed by atoms with Crippen LogP contribution in [0.5, 0.6) is 0 Å². The smallest absolute Gasteiger partial charge is 0.183 e. The number of nitrogens with zero attached hydrogens (tertiary/aromatic N) is 3. The van der Waals surface area contributed by atoms with Crippen LogP contribution in [0.1, 0.15) is 24.8 Å². The monoisotopic (exact) mass is 408 g/mol. The van der Waals surface area contributed by atoms with E-state index < -0.39 is 0 Å². The Bertz CT molecular complexity index is 979. The third-order valence-corrected chi connectivity index (χ3v) is 8.08. The van der Waals surface area contributed by atoms with E-state index in [4.69, 9.17) is 4.99 Å². The first-order valence-corrected chi connectivity index (χ1v) is 11.6.